The van der Waals surface area contributed by atoms with Crippen molar-refractivity contribution < 1.29 is 14.3 Å². The quantitative estimate of drug-likeness (QED) is 0.824. The van der Waals surface area contributed by atoms with Crippen LogP contribution < -0.4 is 15.8 Å². The molecular formula is C14H19N3O3. The molecule has 1 aliphatic rings. The summed E-state index contributed by atoms with van der Waals surface area (Å²) < 4.78 is 5.34. The standard InChI is InChI=1S/C14H19N3O3/c1-17(2)12(18)9-20-11-5-3-10(4-6-11)16-13(19)14(15)7-8-14/h3-6H,7-9,15H2,1-2H3,(H,16,19). The third-order valence-electron chi connectivity index (χ3n) is 3.21. The van der Waals surface area contributed by atoms with Crippen LogP contribution in [0.5, 0.6) is 5.75 Å². The molecule has 20 heavy (non-hydrogen) atoms. The van der Waals surface area contributed by atoms with Crippen LogP contribution in [-0.4, -0.2) is 43.0 Å². The fraction of sp³-hybridized carbons (Fsp3) is 0.429. The second kappa shape index (κ2) is 5.50. The van der Waals surface area contributed by atoms with Gasteiger partial charge >= 0.3 is 0 Å². The number of nitrogens with two attached hydrogens (primary N) is 1. The van der Waals surface area contributed by atoms with Gasteiger partial charge in [-0.25, -0.2) is 0 Å². The summed E-state index contributed by atoms with van der Waals surface area (Å²) in [5.41, 5.74) is 5.78. The number of anilines is 1. The van der Waals surface area contributed by atoms with Crippen LogP contribution in [0, 0.1) is 0 Å². The lowest BCUT2D eigenvalue weighted by molar-refractivity contribution is -0.130. The molecule has 0 atom stereocenters. The number of hydrogen-bond acceptors (Lipinski definition) is 4. The van der Waals surface area contributed by atoms with Crippen molar-refractivity contribution in [2.75, 3.05) is 26.0 Å². The first-order valence-electron chi connectivity index (χ1n) is 6.44. The van der Waals surface area contributed by atoms with Crippen molar-refractivity contribution in [1.82, 2.24) is 4.90 Å². The van der Waals surface area contributed by atoms with Crippen LogP contribution in [0.2, 0.25) is 0 Å². The number of rotatable bonds is 5. The third kappa shape index (κ3) is 3.48. The van der Waals surface area contributed by atoms with Crippen molar-refractivity contribution in [1.29, 1.82) is 0 Å². The van der Waals surface area contributed by atoms with Gasteiger partial charge in [0.1, 0.15) is 5.75 Å². The average molecular weight is 277 g/mol. The molecule has 0 unspecified atom stereocenters. The topological polar surface area (TPSA) is 84.7 Å². The smallest absolute Gasteiger partial charge is 0.259 e. The summed E-state index contributed by atoms with van der Waals surface area (Å²) >= 11 is 0. The minimum atomic E-state index is -0.687. The van der Waals surface area contributed by atoms with Crippen LogP contribution in [0.25, 0.3) is 0 Å². The van der Waals surface area contributed by atoms with E-state index in [2.05, 4.69) is 5.32 Å². The number of nitrogens with zero attached hydrogens (tertiary/aromatic N) is 1. The molecule has 6 nitrogen and oxygen atoms in total. The Morgan fingerprint density at radius 3 is 2.40 bits per heavy atom. The number of amides is 2. The highest BCUT2D eigenvalue weighted by molar-refractivity contribution is 6.00. The first kappa shape index (κ1) is 14.3. The normalized spacial score (nSPS) is 15.3. The van der Waals surface area contributed by atoms with E-state index in [0.29, 0.717) is 11.4 Å². The molecule has 1 aliphatic carbocycles. The first-order valence-corrected chi connectivity index (χ1v) is 6.44. The molecule has 0 aliphatic heterocycles. The summed E-state index contributed by atoms with van der Waals surface area (Å²) in [6, 6.07) is 6.85. The molecule has 0 heterocycles. The van der Waals surface area contributed by atoms with Crippen molar-refractivity contribution in [3.63, 3.8) is 0 Å². The number of ether oxygens (including phenoxy) is 1. The summed E-state index contributed by atoms with van der Waals surface area (Å²) in [6.07, 6.45) is 1.46. The van der Waals surface area contributed by atoms with Crippen LogP contribution in [0.3, 0.4) is 0 Å². The summed E-state index contributed by atoms with van der Waals surface area (Å²) in [5, 5.41) is 2.76. The minimum Gasteiger partial charge on any atom is -0.484 e. The van der Waals surface area contributed by atoms with E-state index in [-0.39, 0.29) is 18.4 Å². The van der Waals surface area contributed by atoms with Gasteiger partial charge in [-0.05, 0) is 37.1 Å². The zero-order valence-electron chi connectivity index (χ0n) is 11.7. The van der Waals surface area contributed by atoms with Crippen molar-refractivity contribution >= 4 is 17.5 Å². The lowest BCUT2D eigenvalue weighted by Gasteiger charge is -2.12. The number of nitrogens with one attached hydrogen (secondary N) is 1. The largest absolute Gasteiger partial charge is 0.484 e. The molecule has 2 rings (SSSR count). The summed E-state index contributed by atoms with van der Waals surface area (Å²) in [4.78, 5) is 24.6. The van der Waals surface area contributed by atoms with E-state index >= 15 is 0 Å². The van der Waals surface area contributed by atoms with Gasteiger partial charge < -0.3 is 20.7 Å². The van der Waals surface area contributed by atoms with Gasteiger partial charge in [0.2, 0.25) is 5.91 Å². The predicted molar refractivity (Wildman–Crippen MR) is 75.4 cm³/mol. The molecule has 1 fully saturated rings. The van der Waals surface area contributed by atoms with Crippen LogP contribution in [0.1, 0.15) is 12.8 Å². The van der Waals surface area contributed by atoms with E-state index in [4.69, 9.17) is 10.5 Å². The van der Waals surface area contributed by atoms with Crippen LogP contribution in [-0.2, 0) is 9.59 Å². The SMILES string of the molecule is CN(C)C(=O)COc1ccc(NC(=O)C2(N)CC2)cc1. The zero-order valence-corrected chi connectivity index (χ0v) is 11.7. The Morgan fingerprint density at radius 2 is 1.90 bits per heavy atom. The molecule has 0 spiro atoms. The second-order valence-electron chi connectivity index (χ2n) is 5.21. The molecule has 3 N–H and O–H groups in total. The monoisotopic (exact) mass is 277 g/mol. The van der Waals surface area contributed by atoms with E-state index < -0.39 is 5.54 Å². The molecule has 6 heteroatoms. The Balaban J connectivity index is 1.86. The Hall–Kier alpha value is -2.08. The van der Waals surface area contributed by atoms with Crippen LogP contribution >= 0.6 is 0 Å². The summed E-state index contributed by atoms with van der Waals surface area (Å²) in [5.74, 6) is 0.308. The summed E-state index contributed by atoms with van der Waals surface area (Å²) in [7, 11) is 3.34. The van der Waals surface area contributed by atoms with Crippen molar-refractivity contribution in [3.05, 3.63) is 24.3 Å². The van der Waals surface area contributed by atoms with E-state index in [1.807, 2.05) is 0 Å². The fourth-order valence-corrected chi connectivity index (χ4v) is 1.53. The van der Waals surface area contributed by atoms with Crippen molar-refractivity contribution in [3.8, 4) is 5.75 Å². The lowest BCUT2D eigenvalue weighted by atomic mass is 10.2. The Kier molecular flexibility index (Phi) is 3.94. The number of benzene rings is 1. The maximum absolute atomic E-state index is 11.8. The van der Waals surface area contributed by atoms with E-state index in [0.717, 1.165) is 12.8 Å². The minimum absolute atomic E-state index is 0.00931. The highest BCUT2D eigenvalue weighted by atomic mass is 16.5. The first-order chi connectivity index (χ1) is 9.40. The third-order valence-corrected chi connectivity index (χ3v) is 3.21. The highest BCUT2D eigenvalue weighted by Gasteiger charge is 2.45. The molecular weight excluding hydrogens is 258 g/mol. The highest BCUT2D eigenvalue weighted by Crippen LogP contribution is 2.33. The maximum Gasteiger partial charge on any atom is 0.259 e. The van der Waals surface area contributed by atoms with Crippen molar-refractivity contribution in [2.24, 2.45) is 5.73 Å². The van der Waals surface area contributed by atoms with Gasteiger partial charge in [0, 0.05) is 19.8 Å². The Bertz CT molecular complexity index is 507. The molecule has 1 aromatic rings. The molecule has 1 aromatic carbocycles. The molecule has 0 radical (unpaired) electrons. The van der Waals surface area contributed by atoms with E-state index in [9.17, 15) is 9.59 Å². The Morgan fingerprint density at radius 1 is 1.30 bits per heavy atom. The zero-order chi connectivity index (χ0) is 14.8. The fourth-order valence-electron chi connectivity index (χ4n) is 1.53. The average Bonchev–Trinajstić information content (AvgIpc) is 3.17. The predicted octanol–water partition coefficient (Wildman–Crippen LogP) is 0.583. The molecule has 0 bridgehead atoms. The van der Waals surface area contributed by atoms with Crippen LogP contribution in [0.4, 0.5) is 5.69 Å². The van der Waals surface area contributed by atoms with Gasteiger partial charge in [-0.3, -0.25) is 9.59 Å². The summed E-state index contributed by atoms with van der Waals surface area (Å²) in [6.45, 7) is -0.00931. The van der Waals surface area contributed by atoms with Gasteiger partial charge in [0.25, 0.3) is 5.91 Å². The van der Waals surface area contributed by atoms with Gasteiger partial charge in [-0.15, -0.1) is 0 Å². The van der Waals surface area contributed by atoms with Gasteiger partial charge in [0.05, 0.1) is 5.54 Å². The van der Waals surface area contributed by atoms with Crippen LogP contribution in [0.15, 0.2) is 24.3 Å². The van der Waals surface area contributed by atoms with Gasteiger partial charge in [-0.1, -0.05) is 0 Å². The van der Waals surface area contributed by atoms with Gasteiger partial charge in [-0.2, -0.15) is 0 Å². The maximum atomic E-state index is 11.8. The second-order valence-corrected chi connectivity index (χ2v) is 5.21. The number of carbonyl (C=O) groups is 2. The molecule has 0 aromatic heterocycles. The van der Waals surface area contributed by atoms with E-state index in [1.165, 1.54) is 4.90 Å². The molecule has 108 valence electrons. The van der Waals surface area contributed by atoms with Crippen molar-refractivity contribution in [2.45, 2.75) is 18.4 Å². The molecule has 0 saturated heterocycles. The molecule has 1 saturated carbocycles. The Labute approximate surface area is 117 Å². The number of likely N-dealkylation sites (N-methyl/N-ethyl adjacent to an activating group) is 1. The van der Waals surface area contributed by atoms with E-state index in [1.54, 1.807) is 38.4 Å². The number of hydrogen-bond donors (Lipinski definition) is 2. The molecule has 2 amide bonds. The van der Waals surface area contributed by atoms with Gasteiger partial charge in [0.15, 0.2) is 6.61 Å². The number of carbonyl (C=O) groups excluding carboxylic acids is 2. The lowest BCUT2D eigenvalue weighted by Crippen LogP contribution is -2.37.